The number of hydrogen-bond acceptors (Lipinski definition) is 2. The number of carbonyl (C=O) groups excluding carboxylic acids is 2. The van der Waals surface area contributed by atoms with E-state index in [9.17, 15) is 9.59 Å². The van der Waals surface area contributed by atoms with Gasteiger partial charge in [0.05, 0.1) is 0 Å². The Morgan fingerprint density at radius 3 is 2.42 bits per heavy atom. The first-order valence-electron chi connectivity index (χ1n) is 10.2. The predicted molar refractivity (Wildman–Crippen MR) is 95.5 cm³/mol. The molecule has 0 aliphatic heterocycles. The van der Waals surface area contributed by atoms with Crippen molar-refractivity contribution in [3.05, 3.63) is 0 Å². The minimum absolute atomic E-state index is 0.218. The van der Waals surface area contributed by atoms with Crippen molar-refractivity contribution < 1.29 is 9.59 Å². The van der Waals surface area contributed by atoms with Crippen molar-refractivity contribution in [2.45, 2.75) is 85.5 Å². The average molecular weight is 331 g/mol. The van der Waals surface area contributed by atoms with Gasteiger partial charge in [0.2, 0.25) is 0 Å². The molecule has 4 fully saturated rings. The molecule has 4 aliphatic carbocycles. The maximum atomic E-state index is 12.2. The zero-order valence-electron chi connectivity index (χ0n) is 16.0. The molecule has 0 aromatic rings. The average Bonchev–Trinajstić information content (AvgIpc) is 2.86. The summed E-state index contributed by atoms with van der Waals surface area (Å²) in [6, 6.07) is 0. The number of hydrogen-bond donors (Lipinski definition) is 0. The second kappa shape index (κ2) is 5.17. The van der Waals surface area contributed by atoms with Gasteiger partial charge in [-0.3, -0.25) is 9.59 Å². The van der Waals surface area contributed by atoms with Crippen molar-refractivity contribution >= 4 is 11.6 Å². The van der Waals surface area contributed by atoms with Gasteiger partial charge in [-0.05, 0) is 85.9 Å². The highest BCUT2D eigenvalue weighted by atomic mass is 16.1. The molecule has 0 amide bonds. The van der Waals surface area contributed by atoms with Crippen LogP contribution in [0.1, 0.15) is 85.5 Å². The van der Waals surface area contributed by atoms with Crippen LogP contribution >= 0.6 is 0 Å². The lowest BCUT2D eigenvalue weighted by molar-refractivity contribution is -0.164. The van der Waals surface area contributed by atoms with Crippen molar-refractivity contribution in [2.75, 3.05) is 0 Å². The smallest absolute Gasteiger partial charge is 0.133 e. The van der Waals surface area contributed by atoms with Gasteiger partial charge in [0.15, 0.2) is 0 Å². The first kappa shape index (κ1) is 16.8. The van der Waals surface area contributed by atoms with Crippen LogP contribution < -0.4 is 0 Å². The molecule has 0 unspecified atom stereocenters. The number of Topliss-reactive ketones (excluding diaryl/α,β-unsaturated/α-hetero) is 2. The van der Waals surface area contributed by atoms with Crippen LogP contribution in [0, 0.1) is 39.9 Å². The van der Waals surface area contributed by atoms with Gasteiger partial charge >= 0.3 is 0 Å². The van der Waals surface area contributed by atoms with Crippen LogP contribution in [0.25, 0.3) is 0 Å². The Labute approximate surface area is 147 Å². The van der Waals surface area contributed by atoms with Gasteiger partial charge in [0, 0.05) is 18.8 Å². The molecule has 0 aromatic heterocycles. The van der Waals surface area contributed by atoms with Gasteiger partial charge in [-0.15, -0.1) is 0 Å². The third-order valence-corrected chi connectivity index (χ3v) is 9.66. The van der Waals surface area contributed by atoms with Crippen molar-refractivity contribution in [3.63, 3.8) is 0 Å². The van der Waals surface area contributed by atoms with E-state index in [0.717, 1.165) is 43.4 Å². The predicted octanol–water partition coefficient (Wildman–Crippen LogP) is 5.19. The molecular formula is C22H34O2. The van der Waals surface area contributed by atoms with E-state index >= 15 is 0 Å². The summed E-state index contributed by atoms with van der Waals surface area (Å²) in [4.78, 5) is 24.3. The lowest BCUT2D eigenvalue weighted by Gasteiger charge is -2.64. The standard InChI is InChI=1S/C22H34O2/c1-14(23)17-5-6-18-16-8-10-20(2)13-15(24)7-12-22(20,4)19(16)9-11-21(17,18)3/h16-19H,5-13H2,1-4H3/t16-,17+,18-,19-,20-,21+,22-/m1/s1. The topological polar surface area (TPSA) is 34.1 Å². The monoisotopic (exact) mass is 330 g/mol. The van der Waals surface area contributed by atoms with E-state index in [2.05, 4.69) is 20.8 Å². The summed E-state index contributed by atoms with van der Waals surface area (Å²) in [6.07, 6.45) is 10.1. The van der Waals surface area contributed by atoms with Gasteiger partial charge in [-0.2, -0.15) is 0 Å². The molecule has 4 aliphatic rings. The van der Waals surface area contributed by atoms with E-state index in [1.807, 2.05) is 6.92 Å². The highest BCUT2D eigenvalue weighted by molar-refractivity contribution is 5.80. The molecule has 2 heteroatoms. The van der Waals surface area contributed by atoms with Crippen molar-refractivity contribution in [1.29, 1.82) is 0 Å². The van der Waals surface area contributed by atoms with Crippen LogP contribution in [0.4, 0.5) is 0 Å². The highest BCUT2D eigenvalue weighted by Crippen LogP contribution is 2.70. The summed E-state index contributed by atoms with van der Waals surface area (Å²) in [5.41, 5.74) is 0.802. The number of rotatable bonds is 1. The van der Waals surface area contributed by atoms with E-state index in [-0.39, 0.29) is 10.8 Å². The molecule has 0 N–H and O–H groups in total. The van der Waals surface area contributed by atoms with Gasteiger partial charge in [-0.25, -0.2) is 0 Å². The summed E-state index contributed by atoms with van der Waals surface area (Å²) < 4.78 is 0. The molecule has 0 heterocycles. The Bertz CT molecular complexity index is 581. The second-order valence-electron chi connectivity index (χ2n) is 10.4. The minimum Gasteiger partial charge on any atom is -0.300 e. The van der Waals surface area contributed by atoms with Crippen LogP contribution in [-0.2, 0) is 9.59 Å². The van der Waals surface area contributed by atoms with E-state index < -0.39 is 0 Å². The lowest BCUT2D eigenvalue weighted by Crippen LogP contribution is -2.57. The van der Waals surface area contributed by atoms with E-state index in [0.29, 0.717) is 22.9 Å². The minimum atomic E-state index is 0.218. The molecule has 4 saturated carbocycles. The molecule has 134 valence electrons. The summed E-state index contributed by atoms with van der Waals surface area (Å²) in [6.45, 7) is 9.15. The molecule has 4 rings (SSSR count). The molecule has 24 heavy (non-hydrogen) atoms. The number of ketones is 2. The Morgan fingerprint density at radius 1 is 0.958 bits per heavy atom. The Balaban J connectivity index is 1.66. The van der Waals surface area contributed by atoms with E-state index in [4.69, 9.17) is 0 Å². The SMILES string of the molecule is CC(=O)[C@@H]1CC[C@@H]2[C@H]3CC[C@]4(C)CC(=O)CC[C@]4(C)[C@@H]3CC[C@]21C. The summed E-state index contributed by atoms with van der Waals surface area (Å²) >= 11 is 0. The first-order valence-corrected chi connectivity index (χ1v) is 10.2. The molecular weight excluding hydrogens is 296 g/mol. The summed E-state index contributed by atoms with van der Waals surface area (Å²) in [5.74, 6) is 3.52. The van der Waals surface area contributed by atoms with Gasteiger partial charge < -0.3 is 0 Å². The fraction of sp³-hybridized carbons (Fsp3) is 0.909. The molecule has 2 nitrogen and oxygen atoms in total. The third kappa shape index (κ3) is 2.01. The van der Waals surface area contributed by atoms with Gasteiger partial charge in [-0.1, -0.05) is 20.8 Å². The van der Waals surface area contributed by atoms with Crippen molar-refractivity contribution in [3.8, 4) is 0 Å². The van der Waals surface area contributed by atoms with Crippen molar-refractivity contribution in [1.82, 2.24) is 0 Å². The Kier molecular flexibility index (Phi) is 3.62. The fourth-order valence-electron chi connectivity index (χ4n) is 8.07. The van der Waals surface area contributed by atoms with E-state index in [1.165, 1.54) is 32.1 Å². The third-order valence-electron chi connectivity index (χ3n) is 9.66. The normalized spacial score (nSPS) is 53.9. The quantitative estimate of drug-likeness (QED) is 0.662. The van der Waals surface area contributed by atoms with E-state index in [1.54, 1.807) is 0 Å². The largest absolute Gasteiger partial charge is 0.300 e. The highest BCUT2D eigenvalue weighted by Gasteiger charge is 2.63. The van der Waals surface area contributed by atoms with Crippen molar-refractivity contribution in [2.24, 2.45) is 39.9 Å². The Morgan fingerprint density at radius 2 is 1.71 bits per heavy atom. The molecule has 0 aromatic carbocycles. The molecule has 0 spiro atoms. The number of fused-ring (bicyclic) bond motifs is 5. The maximum Gasteiger partial charge on any atom is 0.133 e. The van der Waals surface area contributed by atoms with Crippen LogP contribution in [-0.4, -0.2) is 11.6 Å². The zero-order chi connectivity index (χ0) is 17.3. The molecule has 7 atom stereocenters. The van der Waals surface area contributed by atoms with Gasteiger partial charge in [0.25, 0.3) is 0 Å². The second-order valence-corrected chi connectivity index (χ2v) is 10.4. The van der Waals surface area contributed by atoms with Crippen LogP contribution in [0.15, 0.2) is 0 Å². The van der Waals surface area contributed by atoms with Gasteiger partial charge in [0.1, 0.15) is 11.6 Å². The zero-order valence-corrected chi connectivity index (χ0v) is 16.0. The maximum absolute atomic E-state index is 12.2. The molecule has 0 radical (unpaired) electrons. The van der Waals surface area contributed by atoms with Crippen LogP contribution in [0.2, 0.25) is 0 Å². The molecule has 0 bridgehead atoms. The van der Waals surface area contributed by atoms with Crippen LogP contribution in [0.5, 0.6) is 0 Å². The molecule has 0 saturated heterocycles. The summed E-state index contributed by atoms with van der Waals surface area (Å²) in [5, 5.41) is 0. The lowest BCUT2D eigenvalue weighted by atomic mass is 9.40. The first-order chi connectivity index (χ1) is 11.2. The van der Waals surface area contributed by atoms with Crippen LogP contribution in [0.3, 0.4) is 0 Å². The number of carbonyl (C=O) groups is 2. The fourth-order valence-corrected chi connectivity index (χ4v) is 8.07. The summed E-state index contributed by atoms with van der Waals surface area (Å²) in [7, 11) is 0. The Hall–Kier alpha value is -0.660.